The van der Waals surface area contributed by atoms with Gasteiger partial charge in [0.1, 0.15) is 5.60 Å². The molecule has 29 heavy (non-hydrogen) atoms. The van der Waals surface area contributed by atoms with E-state index in [1.165, 1.54) is 17.0 Å². The van der Waals surface area contributed by atoms with Gasteiger partial charge >= 0.3 is 12.3 Å². The van der Waals surface area contributed by atoms with Gasteiger partial charge < -0.3 is 10.1 Å². The summed E-state index contributed by atoms with van der Waals surface area (Å²) in [6.45, 7) is 5.26. The molecule has 1 atom stereocenters. The van der Waals surface area contributed by atoms with Gasteiger partial charge in [0.05, 0.1) is 17.2 Å². The van der Waals surface area contributed by atoms with Crippen molar-refractivity contribution in [3.63, 3.8) is 0 Å². The van der Waals surface area contributed by atoms with E-state index in [0.717, 1.165) is 12.1 Å². The molecule has 1 heterocycles. The Labute approximate surface area is 166 Å². The highest BCUT2D eigenvalue weighted by atomic mass is 19.4. The summed E-state index contributed by atoms with van der Waals surface area (Å²) in [5.41, 5.74) is -0.353. The van der Waals surface area contributed by atoms with Crippen molar-refractivity contribution in [2.24, 2.45) is 0 Å². The molecule has 1 aliphatic rings. The Hall–Kier alpha value is -3.03. The van der Waals surface area contributed by atoms with Crippen molar-refractivity contribution in [1.29, 1.82) is 0 Å². The zero-order chi connectivity index (χ0) is 21.4. The van der Waals surface area contributed by atoms with Crippen LogP contribution in [0.3, 0.4) is 0 Å². The van der Waals surface area contributed by atoms with Crippen molar-refractivity contribution in [1.82, 2.24) is 0 Å². The van der Waals surface area contributed by atoms with E-state index in [1.807, 2.05) is 0 Å². The number of benzene rings is 2. The van der Waals surface area contributed by atoms with Gasteiger partial charge in [0, 0.05) is 12.2 Å². The first kappa shape index (κ1) is 20.7. The molecule has 0 spiro atoms. The molecule has 0 aliphatic carbocycles. The first-order chi connectivity index (χ1) is 13.5. The summed E-state index contributed by atoms with van der Waals surface area (Å²) < 4.78 is 44.1. The van der Waals surface area contributed by atoms with Crippen LogP contribution < -0.4 is 10.2 Å². The fourth-order valence-electron chi connectivity index (χ4n) is 3.12. The van der Waals surface area contributed by atoms with E-state index in [1.54, 1.807) is 45.0 Å². The SMILES string of the molecule is CC(C)(C)OC(=O)N1CC(C(=O)Nc2cccc(C(F)(F)F)c2)c2ccccc21. The number of rotatable bonds is 2. The zero-order valence-corrected chi connectivity index (χ0v) is 16.2. The van der Waals surface area contributed by atoms with Gasteiger partial charge in [0.2, 0.25) is 5.91 Å². The van der Waals surface area contributed by atoms with Crippen LogP contribution in [0.2, 0.25) is 0 Å². The lowest BCUT2D eigenvalue weighted by molar-refractivity contribution is -0.137. The highest BCUT2D eigenvalue weighted by Gasteiger charge is 2.38. The molecule has 0 radical (unpaired) electrons. The molecular weight excluding hydrogens is 385 g/mol. The number of carbonyl (C=O) groups excluding carboxylic acids is 2. The molecule has 2 aromatic rings. The van der Waals surface area contributed by atoms with E-state index < -0.39 is 35.3 Å². The van der Waals surface area contributed by atoms with Crippen molar-refractivity contribution in [3.05, 3.63) is 59.7 Å². The maximum atomic E-state index is 12.9. The third-order valence-electron chi connectivity index (χ3n) is 4.36. The molecule has 0 saturated carbocycles. The number of nitrogens with one attached hydrogen (secondary N) is 1. The summed E-state index contributed by atoms with van der Waals surface area (Å²) in [4.78, 5) is 26.7. The van der Waals surface area contributed by atoms with Crippen LogP contribution in [-0.2, 0) is 15.7 Å². The molecule has 8 heteroatoms. The lowest BCUT2D eigenvalue weighted by Gasteiger charge is -2.25. The van der Waals surface area contributed by atoms with E-state index in [-0.39, 0.29) is 12.2 Å². The minimum Gasteiger partial charge on any atom is -0.443 e. The molecule has 0 aromatic heterocycles. The number of ether oxygens (including phenoxy) is 1. The topological polar surface area (TPSA) is 58.6 Å². The molecular formula is C21H21F3N2O3. The molecule has 3 rings (SSSR count). The van der Waals surface area contributed by atoms with Crippen LogP contribution in [0.4, 0.5) is 29.3 Å². The number of hydrogen-bond acceptors (Lipinski definition) is 3. The van der Waals surface area contributed by atoms with Crippen molar-refractivity contribution in [2.45, 2.75) is 38.5 Å². The van der Waals surface area contributed by atoms with Crippen LogP contribution >= 0.6 is 0 Å². The molecule has 5 nitrogen and oxygen atoms in total. The van der Waals surface area contributed by atoms with Gasteiger partial charge in [-0.3, -0.25) is 9.69 Å². The van der Waals surface area contributed by atoms with E-state index in [4.69, 9.17) is 4.74 Å². The monoisotopic (exact) mass is 406 g/mol. The largest absolute Gasteiger partial charge is 0.443 e. The number of anilines is 2. The highest BCUT2D eigenvalue weighted by Crippen LogP contribution is 2.38. The predicted octanol–water partition coefficient (Wildman–Crippen LogP) is 5.18. The number of fused-ring (bicyclic) bond motifs is 1. The number of halogens is 3. The minimum atomic E-state index is -4.51. The Morgan fingerprint density at radius 3 is 2.41 bits per heavy atom. The molecule has 2 amide bonds. The van der Waals surface area contributed by atoms with E-state index in [2.05, 4.69) is 5.32 Å². The van der Waals surface area contributed by atoms with Gasteiger partial charge in [-0.25, -0.2) is 4.79 Å². The molecule has 1 N–H and O–H groups in total. The highest BCUT2D eigenvalue weighted by molar-refractivity contribution is 6.02. The number of carbonyl (C=O) groups is 2. The van der Waals surface area contributed by atoms with E-state index >= 15 is 0 Å². The van der Waals surface area contributed by atoms with Crippen molar-refractivity contribution in [3.8, 4) is 0 Å². The molecule has 0 bridgehead atoms. The second kappa shape index (κ2) is 7.42. The number of alkyl halides is 3. The van der Waals surface area contributed by atoms with Crippen LogP contribution in [0.1, 0.15) is 37.8 Å². The first-order valence-corrected chi connectivity index (χ1v) is 9.03. The Morgan fingerprint density at radius 1 is 1.07 bits per heavy atom. The number of hydrogen-bond donors (Lipinski definition) is 1. The Kier molecular flexibility index (Phi) is 5.30. The summed E-state index contributed by atoms with van der Waals surface area (Å²) in [6.07, 6.45) is -5.09. The van der Waals surface area contributed by atoms with Gasteiger partial charge in [0.15, 0.2) is 0 Å². The number of amides is 2. The summed E-state index contributed by atoms with van der Waals surface area (Å²) in [6, 6.07) is 11.3. The van der Waals surface area contributed by atoms with Crippen molar-refractivity contribution < 1.29 is 27.5 Å². The average molecular weight is 406 g/mol. The van der Waals surface area contributed by atoms with Crippen LogP contribution in [0.5, 0.6) is 0 Å². The fraction of sp³-hybridized carbons (Fsp3) is 0.333. The maximum absolute atomic E-state index is 12.9. The maximum Gasteiger partial charge on any atom is 0.416 e. The zero-order valence-electron chi connectivity index (χ0n) is 16.2. The molecule has 2 aromatic carbocycles. The number of nitrogens with zero attached hydrogens (tertiary/aromatic N) is 1. The summed E-state index contributed by atoms with van der Waals surface area (Å²) in [5, 5.41) is 2.53. The van der Waals surface area contributed by atoms with Gasteiger partial charge in [-0.05, 0) is 50.6 Å². The van der Waals surface area contributed by atoms with Gasteiger partial charge in [0.25, 0.3) is 0 Å². The van der Waals surface area contributed by atoms with Crippen LogP contribution in [0.25, 0.3) is 0 Å². The quantitative estimate of drug-likeness (QED) is 0.747. The molecule has 0 saturated heterocycles. The third-order valence-corrected chi connectivity index (χ3v) is 4.36. The van der Waals surface area contributed by atoms with Gasteiger partial charge in [-0.15, -0.1) is 0 Å². The van der Waals surface area contributed by atoms with Gasteiger partial charge in [-0.2, -0.15) is 13.2 Å². The van der Waals surface area contributed by atoms with Crippen molar-refractivity contribution >= 4 is 23.4 Å². The van der Waals surface area contributed by atoms with E-state index in [0.29, 0.717) is 11.3 Å². The van der Waals surface area contributed by atoms with Crippen LogP contribution in [0.15, 0.2) is 48.5 Å². The Bertz CT molecular complexity index is 935. The van der Waals surface area contributed by atoms with Crippen LogP contribution in [-0.4, -0.2) is 24.1 Å². The predicted molar refractivity (Wildman–Crippen MR) is 103 cm³/mol. The summed E-state index contributed by atoms with van der Waals surface area (Å²) in [5.74, 6) is -1.23. The lowest BCUT2D eigenvalue weighted by atomic mass is 10.0. The summed E-state index contributed by atoms with van der Waals surface area (Å²) in [7, 11) is 0. The second-order valence-corrected chi connectivity index (χ2v) is 7.77. The first-order valence-electron chi connectivity index (χ1n) is 9.03. The third kappa shape index (κ3) is 4.70. The van der Waals surface area contributed by atoms with Gasteiger partial charge in [-0.1, -0.05) is 24.3 Å². The Balaban J connectivity index is 1.82. The lowest BCUT2D eigenvalue weighted by Crippen LogP contribution is -2.37. The second-order valence-electron chi connectivity index (χ2n) is 7.77. The Morgan fingerprint density at radius 2 is 1.76 bits per heavy atom. The average Bonchev–Trinajstić information content (AvgIpc) is 3.00. The fourth-order valence-corrected chi connectivity index (χ4v) is 3.12. The summed E-state index contributed by atoms with van der Waals surface area (Å²) >= 11 is 0. The standard InChI is InChI=1S/C21H21F3N2O3/c1-20(2,3)29-19(28)26-12-16(15-9-4-5-10-17(15)26)18(27)25-14-8-6-7-13(11-14)21(22,23)24/h4-11,16H,12H2,1-3H3,(H,25,27). The molecule has 154 valence electrons. The minimum absolute atomic E-state index is 0.0398. The van der Waals surface area contributed by atoms with Crippen LogP contribution in [0, 0.1) is 0 Å². The van der Waals surface area contributed by atoms with E-state index in [9.17, 15) is 22.8 Å². The van der Waals surface area contributed by atoms with Crippen molar-refractivity contribution in [2.75, 3.05) is 16.8 Å². The normalized spacial score (nSPS) is 16.3. The molecule has 0 fully saturated rings. The number of para-hydroxylation sites is 1. The smallest absolute Gasteiger partial charge is 0.416 e. The molecule has 1 unspecified atom stereocenters. The molecule has 1 aliphatic heterocycles.